The number of carbonyl (C=O) groups excluding carboxylic acids is 1. The summed E-state index contributed by atoms with van der Waals surface area (Å²) in [5, 5.41) is 14.0. The van der Waals surface area contributed by atoms with Gasteiger partial charge in [0.25, 0.3) is 0 Å². The molecular formula is C18H30N4O3S2. The highest BCUT2D eigenvalue weighted by molar-refractivity contribution is 8.01. The fourth-order valence-corrected chi connectivity index (χ4v) is 5.26. The van der Waals surface area contributed by atoms with E-state index < -0.39 is 5.97 Å². The lowest BCUT2D eigenvalue weighted by Gasteiger charge is -2.30. The number of hydrogen-bond acceptors (Lipinski definition) is 7. The average Bonchev–Trinajstić information content (AvgIpc) is 3.15. The summed E-state index contributed by atoms with van der Waals surface area (Å²) in [6.07, 6.45) is 1.50. The van der Waals surface area contributed by atoms with Crippen molar-refractivity contribution in [1.82, 2.24) is 20.1 Å². The van der Waals surface area contributed by atoms with Gasteiger partial charge in [0, 0.05) is 49.8 Å². The van der Waals surface area contributed by atoms with Crippen LogP contribution < -0.4 is 5.32 Å². The van der Waals surface area contributed by atoms with Gasteiger partial charge in [0.15, 0.2) is 10.0 Å². The lowest BCUT2D eigenvalue weighted by Crippen LogP contribution is -2.44. The van der Waals surface area contributed by atoms with Gasteiger partial charge in [-0.15, -0.1) is 11.3 Å². The molecule has 0 spiro atoms. The topological polar surface area (TPSA) is 85.8 Å². The third-order valence-electron chi connectivity index (χ3n) is 4.44. The number of carboxylic acid groups (broad SMARTS) is 1. The zero-order valence-electron chi connectivity index (χ0n) is 16.5. The molecule has 0 bridgehead atoms. The van der Waals surface area contributed by atoms with Gasteiger partial charge in [-0.2, -0.15) is 0 Å². The summed E-state index contributed by atoms with van der Waals surface area (Å²) in [4.78, 5) is 31.3. The molecule has 27 heavy (non-hydrogen) atoms. The molecule has 1 aromatic heterocycles. The van der Waals surface area contributed by atoms with Crippen LogP contribution in [0.25, 0.3) is 0 Å². The minimum absolute atomic E-state index is 0.0853. The van der Waals surface area contributed by atoms with Crippen LogP contribution in [0.2, 0.25) is 0 Å². The van der Waals surface area contributed by atoms with Gasteiger partial charge in [-0.05, 0) is 25.9 Å². The number of rotatable bonds is 11. The largest absolute Gasteiger partial charge is 0.476 e. The van der Waals surface area contributed by atoms with Crippen LogP contribution >= 0.6 is 23.1 Å². The summed E-state index contributed by atoms with van der Waals surface area (Å²) < 4.78 is 0.735. The second kappa shape index (κ2) is 9.86. The molecule has 0 aliphatic carbocycles. The van der Waals surface area contributed by atoms with Gasteiger partial charge in [-0.25, -0.2) is 9.78 Å². The Morgan fingerprint density at radius 2 is 2.26 bits per heavy atom. The number of likely N-dealkylation sites (tertiary alicyclic amines) is 1. The van der Waals surface area contributed by atoms with Crippen LogP contribution in [-0.4, -0.2) is 83.8 Å². The number of aromatic carboxylic acids is 1. The summed E-state index contributed by atoms with van der Waals surface area (Å²) in [6, 6.07) is 0.235. The van der Waals surface area contributed by atoms with E-state index in [2.05, 4.69) is 43.1 Å². The van der Waals surface area contributed by atoms with E-state index >= 15 is 0 Å². The van der Waals surface area contributed by atoms with Crippen molar-refractivity contribution in [2.24, 2.45) is 5.41 Å². The molecule has 1 fully saturated rings. The van der Waals surface area contributed by atoms with Crippen LogP contribution in [-0.2, 0) is 4.79 Å². The van der Waals surface area contributed by atoms with Crippen molar-refractivity contribution in [3.63, 3.8) is 0 Å². The number of amides is 1. The zero-order valence-corrected chi connectivity index (χ0v) is 18.2. The van der Waals surface area contributed by atoms with E-state index in [1.807, 2.05) is 4.90 Å². The molecule has 1 aliphatic heterocycles. The predicted molar refractivity (Wildman–Crippen MR) is 110 cm³/mol. The molecule has 7 nitrogen and oxygen atoms in total. The van der Waals surface area contributed by atoms with E-state index in [4.69, 9.17) is 5.11 Å². The maximum atomic E-state index is 12.2. The first-order valence-corrected chi connectivity index (χ1v) is 11.0. The smallest absolute Gasteiger partial charge is 0.355 e. The van der Waals surface area contributed by atoms with Gasteiger partial charge in [-0.1, -0.05) is 25.6 Å². The van der Waals surface area contributed by atoms with Crippen molar-refractivity contribution in [3.8, 4) is 0 Å². The summed E-state index contributed by atoms with van der Waals surface area (Å²) >= 11 is 2.84. The van der Waals surface area contributed by atoms with Crippen molar-refractivity contribution in [1.29, 1.82) is 0 Å². The minimum atomic E-state index is -1.00. The van der Waals surface area contributed by atoms with E-state index in [1.54, 1.807) is 5.38 Å². The van der Waals surface area contributed by atoms with Crippen molar-refractivity contribution in [2.75, 3.05) is 46.0 Å². The van der Waals surface area contributed by atoms with Crippen LogP contribution in [0.1, 0.15) is 37.2 Å². The summed E-state index contributed by atoms with van der Waals surface area (Å²) in [5.74, 6) is -0.0718. The second-order valence-electron chi connectivity index (χ2n) is 7.96. The lowest BCUT2D eigenvalue weighted by molar-refractivity contribution is -0.128. The van der Waals surface area contributed by atoms with Crippen LogP contribution in [0.5, 0.6) is 0 Å². The maximum absolute atomic E-state index is 12.2. The molecule has 152 valence electrons. The summed E-state index contributed by atoms with van der Waals surface area (Å²) in [7, 11) is 4.16. The molecule has 2 heterocycles. The van der Waals surface area contributed by atoms with Crippen molar-refractivity contribution >= 4 is 35.0 Å². The number of thiazole rings is 1. The van der Waals surface area contributed by atoms with E-state index in [9.17, 15) is 9.59 Å². The molecule has 9 heteroatoms. The molecule has 1 amide bonds. The number of thioether (sulfide) groups is 1. The van der Waals surface area contributed by atoms with E-state index in [0.717, 1.165) is 36.1 Å². The molecule has 1 saturated heterocycles. The summed E-state index contributed by atoms with van der Waals surface area (Å²) in [5.41, 5.74) is 0.265. The molecule has 0 saturated carbocycles. The van der Waals surface area contributed by atoms with Crippen molar-refractivity contribution in [3.05, 3.63) is 11.1 Å². The quantitative estimate of drug-likeness (QED) is 0.536. The molecule has 1 aromatic rings. The van der Waals surface area contributed by atoms with Crippen molar-refractivity contribution in [2.45, 2.75) is 37.1 Å². The Labute approximate surface area is 169 Å². The van der Waals surface area contributed by atoms with Gasteiger partial charge in [-0.3, -0.25) is 4.79 Å². The highest BCUT2D eigenvalue weighted by atomic mass is 32.2. The molecule has 2 N–H and O–H groups in total. The molecular weight excluding hydrogens is 384 g/mol. The number of carbonyl (C=O) groups is 2. The SMILES string of the molecule is CN(C)CC(C)(C)CNC[C@H]1CCC(=O)N1CCSc1nc(C(=O)O)cs1. The average molecular weight is 415 g/mol. The maximum Gasteiger partial charge on any atom is 0.355 e. The van der Waals surface area contributed by atoms with E-state index in [-0.39, 0.29) is 23.1 Å². The van der Waals surface area contributed by atoms with Crippen LogP contribution in [0.15, 0.2) is 9.72 Å². The fraction of sp³-hybridized carbons (Fsp3) is 0.722. The lowest BCUT2D eigenvalue weighted by atomic mass is 9.93. The number of aromatic nitrogens is 1. The third-order valence-corrected chi connectivity index (χ3v) is 6.44. The van der Waals surface area contributed by atoms with Gasteiger partial charge in [0.05, 0.1) is 0 Å². The number of nitrogens with one attached hydrogen (secondary N) is 1. The van der Waals surface area contributed by atoms with Gasteiger partial charge in [0.1, 0.15) is 0 Å². The second-order valence-corrected chi connectivity index (χ2v) is 10.2. The normalized spacial score (nSPS) is 17.9. The van der Waals surface area contributed by atoms with E-state index in [0.29, 0.717) is 13.0 Å². The molecule has 2 rings (SSSR count). The monoisotopic (exact) mass is 414 g/mol. The Kier molecular flexibility index (Phi) is 8.08. The number of hydrogen-bond donors (Lipinski definition) is 2. The highest BCUT2D eigenvalue weighted by Gasteiger charge is 2.30. The van der Waals surface area contributed by atoms with Gasteiger partial charge < -0.3 is 20.2 Å². The standard InChI is InChI=1S/C18H30N4O3S2/c1-18(2,12-21(3)4)11-19-9-13-5-6-15(23)22(13)7-8-26-17-20-14(10-27-17)16(24)25/h10,13,19H,5-9,11-12H2,1-4H3,(H,24,25)/t13-/m1/s1. The fourth-order valence-electron chi connectivity index (χ4n) is 3.45. The first-order valence-electron chi connectivity index (χ1n) is 9.14. The van der Waals surface area contributed by atoms with Crippen LogP contribution in [0.4, 0.5) is 0 Å². The Morgan fingerprint density at radius 3 is 2.89 bits per heavy atom. The molecule has 0 unspecified atom stereocenters. The van der Waals surface area contributed by atoms with Gasteiger partial charge >= 0.3 is 5.97 Å². The van der Waals surface area contributed by atoms with Gasteiger partial charge in [0.2, 0.25) is 5.91 Å². The number of carboxylic acids is 1. The molecule has 1 atom stereocenters. The Morgan fingerprint density at radius 1 is 1.52 bits per heavy atom. The Balaban J connectivity index is 1.77. The van der Waals surface area contributed by atoms with Crippen molar-refractivity contribution < 1.29 is 14.7 Å². The minimum Gasteiger partial charge on any atom is -0.476 e. The zero-order chi connectivity index (χ0) is 20.0. The molecule has 0 radical (unpaired) electrons. The Bertz CT molecular complexity index is 648. The highest BCUT2D eigenvalue weighted by Crippen LogP contribution is 2.25. The first kappa shape index (κ1) is 22.1. The van der Waals surface area contributed by atoms with E-state index in [1.165, 1.54) is 23.1 Å². The molecule has 0 aromatic carbocycles. The first-order chi connectivity index (χ1) is 12.7. The van der Waals surface area contributed by atoms with Crippen LogP contribution in [0, 0.1) is 5.41 Å². The predicted octanol–water partition coefficient (Wildman–Crippen LogP) is 2.10. The number of nitrogens with zero attached hydrogens (tertiary/aromatic N) is 3. The molecule has 1 aliphatic rings. The third kappa shape index (κ3) is 7.06. The van der Waals surface area contributed by atoms with Crippen LogP contribution in [0.3, 0.4) is 0 Å². The summed E-state index contributed by atoms with van der Waals surface area (Å²) in [6.45, 7) is 7.89. The Hall–Kier alpha value is -1.16.